The third-order valence-electron chi connectivity index (χ3n) is 3.08. The summed E-state index contributed by atoms with van der Waals surface area (Å²) < 4.78 is 34.8. The lowest BCUT2D eigenvalue weighted by atomic mass is 10.2. The number of nitrogens with zero attached hydrogens (tertiary/aromatic N) is 1. The van der Waals surface area contributed by atoms with Crippen molar-refractivity contribution in [2.45, 2.75) is 11.8 Å². The standard InChI is InChI=1S/C16H15NO6S/c1-3-4-12-5-10-15(16(11-12)22-2)23-24(20,21)14-8-6-13(7-9-14)17(18)19/h3-11H,1-2H3/b4-3+. The molecule has 0 heterocycles. The van der Waals surface area contributed by atoms with Crippen LogP contribution in [-0.4, -0.2) is 20.5 Å². The Bertz CT molecular complexity index is 872. The molecule has 0 atom stereocenters. The Balaban J connectivity index is 2.33. The lowest BCUT2D eigenvalue weighted by Gasteiger charge is -2.11. The second-order valence-corrected chi connectivity index (χ2v) is 6.25. The second-order valence-electron chi connectivity index (χ2n) is 4.70. The third kappa shape index (κ3) is 3.90. The molecule has 0 bridgehead atoms. The highest BCUT2D eigenvalue weighted by atomic mass is 32.2. The van der Waals surface area contributed by atoms with E-state index in [1.54, 1.807) is 12.1 Å². The van der Waals surface area contributed by atoms with E-state index in [4.69, 9.17) is 8.92 Å². The van der Waals surface area contributed by atoms with Gasteiger partial charge in [-0.2, -0.15) is 8.42 Å². The Morgan fingerprint density at radius 1 is 1.08 bits per heavy atom. The Kier molecular flexibility index (Phi) is 5.20. The molecule has 0 aliphatic heterocycles. The first kappa shape index (κ1) is 17.5. The first-order valence-electron chi connectivity index (χ1n) is 6.87. The summed E-state index contributed by atoms with van der Waals surface area (Å²) in [6.45, 7) is 1.86. The molecule has 2 aromatic rings. The van der Waals surface area contributed by atoms with E-state index in [1.165, 1.54) is 13.2 Å². The van der Waals surface area contributed by atoms with Crippen molar-refractivity contribution in [3.63, 3.8) is 0 Å². The SMILES string of the molecule is C/C=C/c1ccc(OS(=O)(=O)c2ccc([N+](=O)[O-])cc2)c(OC)c1. The average Bonchev–Trinajstić information content (AvgIpc) is 2.56. The normalized spacial score (nSPS) is 11.4. The van der Waals surface area contributed by atoms with Gasteiger partial charge in [0.05, 0.1) is 12.0 Å². The van der Waals surface area contributed by atoms with Crippen LogP contribution < -0.4 is 8.92 Å². The molecule has 0 N–H and O–H groups in total. The van der Waals surface area contributed by atoms with Crippen molar-refractivity contribution in [1.29, 1.82) is 0 Å². The van der Waals surface area contributed by atoms with E-state index in [9.17, 15) is 18.5 Å². The fourth-order valence-electron chi connectivity index (χ4n) is 1.95. The van der Waals surface area contributed by atoms with Gasteiger partial charge in [-0.05, 0) is 36.8 Å². The van der Waals surface area contributed by atoms with Crippen LogP contribution in [0.4, 0.5) is 5.69 Å². The van der Waals surface area contributed by atoms with Crippen LogP contribution in [-0.2, 0) is 10.1 Å². The van der Waals surface area contributed by atoms with E-state index in [0.717, 1.165) is 29.8 Å². The molecule has 0 radical (unpaired) electrons. The van der Waals surface area contributed by atoms with E-state index in [-0.39, 0.29) is 22.1 Å². The number of hydrogen-bond donors (Lipinski definition) is 0. The summed E-state index contributed by atoms with van der Waals surface area (Å²) in [5.74, 6) is 0.292. The maximum Gasteiger partial charge on any atom is 0.339 e. The van der Waals surface area contributed by atoms with Gasteiger partial charge in [-0.3, -0.25) is 10.1 Å². The predicted molar refractivity (Wildman–Crippen MR) is 88.6 cm³/mol. The summed E-state index contributed by atoms with van der Waals surface area (Å²) in [4.78, 5) is 9.83. The number of non-ortho nitro benzene ring substituents is 1. The molecule has 0 aliphatic carbocycles. The number of methoxy groups -OCH3 is 1. The fraction of sp³-hybridized carbons (Fsp3) is 0.125. The average molecular weight is 349 g/mol. The molecular formula is C16H15NO6S. The van der Waals surface area contributed by atoms with Gasteiger partial charge in [0.25, 0.3) is 5.69 Å². The van der Waals surface area contributed by atoms with Crippen LogP contribution in [0.15, 0.2) is 53.4 Å². The van der Waals surface area contributed by atoms with Crippen molar-refractivity contribution in [1.82, 2.24) is 0 Å². The molecule has 0 fully saturated rings. The van der Waals surface area contributed by atoms with Gasteiger partial charge in [0.15, 0.2) is 11.5 Å². The zero-order valence-corrected chi connectivity index (χ0v) is 13.8. The van der Waals surface area contributed by atoms with Crippen molar-refractivity contribution >= 4 is 21.9 Å². The van der Waals surface area contributed by atoms with Crippen LogP contribution in [0.1, 0.15) is 12.5 Å². The number of allylic oxidation sites excluding steroid dienone is 1. The Labute approximate surface area is 139 Å². The van der Waals surface area contributed by atoms with Gasteiger partial charge in [-0.25, -0.2) is 0 Å². The molecule has 0 aromatic heterocycles. The van der Waals surface area contributed by atoms with Gasteiger partial charge >= 0.3 is 10.1 Å². The van der Waals surface area contributed by atoms with E-state index in [0.29, 0.717) is 0 Å². The number of rotatable bonds is 6. The molecule has 2 aromatic carbocycles. The molecule has 0 spiro atoms. The molecule has 24 heavy (non-hydrogen) atoms. The summed E-state index contributed by atoms with van der Waals surface area (Å²) >= 11 is 0. The topological polar surface area (TPSA) is 95.7 Å². The van der Waals surface area contributed by atoms with Gasteiger partial charge in [0, 0.05) is 12.1 Å². The fourth-order valence-corrected chi connectivity index (χ4v) is 2.89. The zero-order chi connectivity index (χ0) is 17.7. The molecule has 0 amide bonds. The molecule has 0 unspecified atom stereocenters. The van der Waals surface area contributed by atoms with Crippen molar-refractivity contribution < 1.29 is 22.3 Å². The molecule has 2 rings (SSSR count). The lowest BCUT2D eigenvalue weighted by molar-refractivity contribution is -0.384. The zero-order valence-electron chi connectivity index (χ0n) is 13.0. The van der Waals surface area contributed by atoms with Gasteiger partial charge < -0.3 is 8.92 Å². The number of nitro benzene ring substituents is 1. The van der Waals surface area contributed by atoms with Gasteiger partial charge in [-0.1, -0.05) is 18.2 Å². The van der Waals surface area contributed by atoms with Crippen LogP contribution in [0.3, 0.4) is 0 Å². The molecule has 7 nitrogen and oxygen atoms in total. The first-order valence-corrected chi connectivity index (χ1v) is 8.28. The van der Waals surface area contributed by atoms with Crippen LogP contribution in [0.25, 0.3) is 6.08 Å². The van der Waals surface area contributed by atoms with Crippen molar-refractivity contribution in [3.05, 3.63) is 64.2 Å². The monoisotopic (exact) mass is 349 g/mol. The van der Waals surface area contributed by atoms with Crippen LogP contribution in [0.5, 0.6) is 11.5 Å². The highest BCUT2D eigenvalue weighted by Crippen LogP contribution is 2.31. The summed E-state index contributed by atoms with van der Waals surface area (Å²) in [6, 6.07) is 9.24. The quantitative estimate of drug-likeness (QED) is 0.450. The minimum absolute atomic E-state index is 0.0316. The predicted octanol–water partition coefficient (Wildman–Crippen LogP) is 3.40. The minimum Gasteiger partial charge on any atom is -0.493 e. The maximum absolute atomic E-state index is 12.3. The van der Waals surface area contributed by atoms with Gasteiger partial charge in [0.1, 0.15) is 4.90 Å². The number of ether oxygens (including phenoxy) is 1. The number of hydrogen-bond acceptors (Lipinski definition) is 6. The summed E-state index contributed by atoms with van der Waals surface area (Å²) in [6.07, 6.45) is 3.67. The number of nitro groups is 1. The van der Waals surface area contributed by atoms with Crippen molar-refractivity contribution in [3.8, 4) is 11.5 Å². The molecule has 0 saturated carbocycles. The summed E-state index contributed by atoms with van der Waals surface area (Å²) in [5.41, 5.74) is 0.622. The highest BCUT2D eigenvalue weighted by Gasteiger charge is 2.20. The van der Waals surface area contributed by atoms with E-state index >= 15 is 0 Å². The first-order chi connectivity index (χ1) is 11.4. The molecule has 0 aliphatic rings. The Morgan fingerprint density at radius 3 is 2.29 bits per heavy atom. The van der Waals surface area contributed by atoms with Crippen LogP contribution in [0.2, 0.25) is 0 Å². The lowest BCUT2D eigenvalue weighted by Crippen LogP contribution is -2.10. The molecule has 126 valence electrons. The van der Waals surface area contributed by atoms with Gasteiger partial charge in [0.2, 0.25) is 0 Å². The van der Waals surface area contributed by atoms with Crippen LogP contribution >= 0.6 is 0 Å². The van der Waals surface area contributed by atoms with E-state index in [2.05, 4.69) is 0 Å². The third-order valence-corrected chi connectivity index (χ3v) is 4.33. The van der Waals surface area contributed by atoms with Crippen molar-refractivity contribution in [2.24, 2.45) is 0 Å². The Morgan fingerprint density at radius 2 is 1.75 bits per heavy atom. The smallest absolute Gasteiger partial charge is 0.339 e. The summed E-state index contributed by atoms with van der Waals surface area (Å²) in [5, 5.41) is 10.6. The maximum atomic E-state index is 12.3. The van der Waals surface area contributed by atoms with E-state index in [1.807, 2.05) is 19.1 Å². The molecular weight excluding hydrogens is 334 g/mol. The van der Waals surface area contributed by atoms with E-state index < -0.39 is 15.0 Å². The minimum atomic E-state index is -4.13. The molecule has 0 saturated heterocycles. The largest absolute Gasteiger partial charge is 0.493 e. The van der Waals surface area contributed by atoms with Crippen molar-refractivity contribution in [2.75, 3.05) is 7.11 Å². The second kappa shape index (κ2) is 7.14. The highest BCUT2D eigenvalue weighted by molar-refractivity contribution is 7.87. The van der Waals surface area contributed by atoms with Crippen LogP contribution in [0, 0.1) is 10.1 Å². The Hall–Kier alpha value is -2.87. The molecule has 8 heteroatoms. The number of benzene rings is 2. The summed E-state index contributed by atoms with van der Waals surface area (Å²) in [7, 11) is -2.73. The van der Waals surface area contributed by atoms with Gasteiger partial charge in [-0.15, -0.1) is 0 Å².